The van der Waals surface area contributed by atoms with Crippen LogP contribution in [0.25, 0.3) is 0 Å². The zero-order valence-electron chi connectivity index (χ0n) is 37.2. The molecular formula is C46H80O13P2. The molecule has 0 heterocycles. The smallest absolute Gasteiger partial charge is 0.462 e. The van der Waals surface area contributed by atoms with Gasteiger partial charge in [-0.15, -0.1) is 0 Å². The van der Waals surface area contributed by atoms with Crippen LogP contribution in [0.4, 0.5) is 0 Å². The molecule has 13 nitrogen and oxygen atoms in total. The maximum atomic E-state index is 12.7. The molecule has 0 aromatic rings. The minimum atomic E-state index is -4.87. The quantitative estimate of drug-likeness (QED) is 0.0196. The van der Waals surface area contributed by atoms with Crippen molar-refractivity contribution in [2.24, 2.45) is 0 Å². The fourth-order valence-electron chi connectivity index (χ4n) is 5.60. The van der Waals surface area contributed by atoms with E-state index in [0.29, 0.717) is 19.3 Å². The van der Waals surface area contributed by atoms with Crippen molar-refractivity contribution in [3.8, 4) is 0 Å². The molecule has 0 aliphatic heterocycles. The second-order valence-corrected chi connectivity index (χ2v) is 17.7. The molecule has 0 aromatic carbocycles. The van der Waals surface area contributed by atoms with Gasteiger partial charge >= 0.3 is 27.6 Å². The van der Waals surface area contributed by atoms with Crippen LogP contribution in [-0.2, 0) is 41.8 Å². The number of unbranched alkanes of at least 4 members (excludes halogenated alkanes) is 14. The molecule has 0 radical (unpaired) electrons. The first-order chi connectivity index (χ1) is 29.4. The lowest BCUT2D eigenvalue weighted by atomic mass is 10.1. The van der Waals surface area contributed by atoms with Gasteiger partial charge in [-0.2, -0.15) is 0 Å². The van der Waals surface area contributed by atoms with Gasteiger partial charge in [0.15, 0.2) is 6.10 Å². The molecule has 0 bridgehead atoms. The number of carbonyl (C=O) groups is 2. The molecule has 0 aromatic heterocycles. The van der Waals surface area contributed by atoms with Crippen LogP contribution in [0.3, 0.4) is 0 Å². The molecule has 15 heteroatoms. The predicted molar refractivity (Wildman–Crippen MR) is 244 cm³/mol. The number of phosphoric acid groups is 2. The third-order valence-corrected chi connectivity index (χ3v) is 10.5. The highest BCUT2D eigenvalue weighted by atomic mass is 31.2. The maximum absolute atomic E-state index is 12.7. The van der Waals surface area contributed by atoms with E-state index in [4.69, 9.17) is 23.8 Å². The summed E-state index contributed by atoms with van der Waals surface area (Å²) in [5, 5.41) is 9.75. The van der Waals surface area contributed by atoms with Gasteiger partial charge in [0, 0.05) is 12.8 Å². The highest BCUT2D eigenvalue weighted by molar-refractivity contribution is 7.47. The molecule has 4 N–H and O–H groups in total. The number of hydrogen-bond donors (Lipinski definition) is 4. The largest absolute Gasteiger partial charge is 0.472 e. The van der Waals surface area contributed by atoms with Gasteiger partial charge in [-0.25, -0.2) is 9.13 Å². The molecular weight excluding hydrogens is 822 g/mol. The summed E-state index contributed by atoms with van der Waals surface area (Å²) in [5.41, 5.74) is 0. The van der Waals surface area contributed by atoms with Crippen LogP contribution in [0.15, 0.2) is 72.9 Å². The highest BCUT2D eigenvalue weighted by Crippen LogP contribution is 2.43. The van der Waals surface area contributed by atoms with Gasteiger partial charge in [0.2, 0.25) is 0 Å². The first kappa shape index (κ1) is 58.6. The van der Waals surface area contributed by atoms with E-state index in [1.54, 1.807) is 0 Å². The second-order valence-electron chi connectivity index (χ2n) is 15.0. The number of aliphatic hydroxyl groups excluding tert-OH is 1. The minimum absolute atomic E-state index is 0.0919. The van der Waals surface area contributed by atoms with E-state index >= 15 is 0 Å². The molecule has 0 saturated heterocycles. The summed E-state index contributed by atoms with van der Waals surface area (Å²) in [6, 6.07) is 0. The molecule has 1 unspecified atom stereocenters. The number of phosphoric ester groups is 2. The normalized spacial score (nSPS) is 14.7. The number of allylic oxidation sites excluding steroid dienone is 12. The van der Waals surface area contributed by atoms with Crippen LogP contribution in [-0.4, -0.2) is 70.4 Å². The van der Waals surface area contributed by atoms with Crippen LogP contribution >= 0.6 is 15.6 Å². The van der Waals surface area contributed by atoms with Crippen LogP contribution in [0.2, 0.25) is 0 Å². The van der Waals surface area contributed by atoms with Crippen LogP contribution in [0, 0.1) is 0 Å². The molecule has 352 valence electrons. The van der Waals surface area contributed by atoms with Crippen LogP contribution in [0.1, 0.15) is 168 Å². The van der Waals surface area contributed by atoms with E-state index in [1.807, 2.05) is 12.2 Å². The summed E-state index contributed by atoms with van der Waals surface area (Å²) in [5.74, 6) is -1.12. The zero-order chi connectivity index (χ0) is 45.1. The molecule has 0 fully saturated rings. The maximum Gasteiger partial charge on any atom is 0.472 e. The van der Waals surface area contributed by atoms with Crippen LogP contribution in [0.5, 0.6) is 0 Å². The van der Waals surface area contributed by atoms with Crippen LogP contribution < -0.4 is 0 Å². The molecule has 0 spiro atoms. The molecule has 3 atom stereocenters. The summed E-state index contributed by atoms with van der Waals surface area (Å²) >= 11 is 0. The Morgan fingerprint density at radius 1 is 0.475 bits per heavy atom. The second kappa shape index (κ2) is 41.6. The first-order valence-electron chi connectivity index (χ1n) is 22.6. The summed E-state index contributed by atoms with van der Waals surface area (Å²) < 4.78 is 47.7. The standard InChI is InChI=1S/C46H80O13P2/c1-3-5-7-9-11-13-15-17-19-21-23-25-27-29-31-33-35-37-45(48)55-41-44(42-58-61(53,54)57-40-43(47)39-56-60(50,51)52)59-46(49)38-36-34-32-30-28-26-24-22-20-18-16-14-12-10-8-6-4-2/h12,14,17-20,23-26,29,31,43-44,47H,3-11,13,15-16,21-22,27-28,30,32-42H2,1-2H3,(H,53,54)(H2,50,51,52)/b14-12-,19-17-,20-18-,25-23-,26-24-,31-29-/t43-,44+/m0/s1. The van der Waals surface area contributed by atoms with Gasteiger partial charge in [0.05, 0.1) is 19.8 Å². The molecule has 0 aliphatic carbocycles. The Kier molecular flexibility index (Phi) is 39.9. The fraction of sp³-hybridized carbons (Fsp3) is 0.696. The molecule has 61 heavy (non-hydrogen) atoms. The van der Waals surface area contributed by atoms with Crippen molar-refractivity contribution in [2.75, 3.05) is 26.4 Å². The first-order valence-corrected chi connectivity index (χ1v) is 25.7. The predicted octanol–water partition coefficient (Wildman–Crippen LogP) is 11.8. The third kappa shape index (κ3) is 45.4. The Balaban J connectivity index is 4.63. The van der Waals surface area contributed by atoms with Crippen molar-refractivity contribution >= 4 is 27.6 Å². The SMILES string of the molecule is CCCCC/C=C\C/C=C\C/C=C\CCCCCCC(=O)O[C@H](COC(=O)CCC/C=C\C/C=C\C/C=C\CCCCCCCC)COP(=O)(O)OC[C@@H](O)COP(=O)(O)O. The Bertz CT molecular complexity index is 1350. The fourth-order valence-corrected chi connectivity index (χ4v) is 6.76. The number of carbonyl (C=O) groups excluding carboxylic acids is 2. The number of aliphatic hydroxyl groups is 1. The Morgan fingerprint density at radius 2 is 0.869 bits per heavy atom. The lowest BCUT2D eigenvalue weighted by molar-refractivity contribution is -0.161. The minimum Gasteiger partial charge on any atom is -0.462 e. The highest BCUT2D eigenvalue weighted by Gasteiger charge is 2.28. The lowest BCUT2D eigenvalue weighted by Crippen LogP contribution is -2.30. The number of rotatable bonds is 42. The van der Waals surface area contributed by atoms with Crippen molar-refractivity contribution in [3.05, 3.63) is 72.9 Å². The van der Waals surface area contributed by atoms with E-state index in [-0.39, 0.29) is 12.8 Å². The van der Waals surface area contributed by atoms with E-state index in [0.717, 1.165) is 64.2 Å². The van der Waals surface area contributed by atoms with Crippen molar-refractivity contribution in [1.29, 1.82) is 0 Å². The van der Waals surface area contributed by atoms with Crippen molar-refractivity contribution in [3.63, 3.8) is 0 Å². The Morgan fingerprint density at radius 3 is 1.39 bits per heavy atom. The summed E-state index contributed by atoms with van der Waals surface area (Å²) in [7, 11) is -9.70. The lowest BCUT2D eigenvalue weighted by Gasteiger charge is -2.20. The van der Waals surface area contributed by atoms with E-state index in [9.17, 15) is 28.7 Å². The Labute approximate surface area is 367 Å². The summed E-state index contributed by atoms with van der Waals surface area (Å²) in [4.78, 5) is 52.7. The van der Waals surface area contributed by atoms with Crippen molar-refractivity contribution < 1.29 is 61.6 Å². The van der Waals surface area contributed by atoms with E-state index in [2.05, 4.69) is 83.7 Å². The van der Waals surface area contributed by atoms with Crippen molar-refractivity contribution in [1.82, 2.24) is 0 Å². The number of ether oxygens (including phenoxy) is 2. The average molecular weight is 903 g/mol. The monoisotopic (exact) mass is 903 g/mol. The third-order valence-electron chi connectivity index (χ3n) is 9.06. The zero-order valence-corrected chi connectivity index (χ0v) is 39.0. The summed E-state index contributed by atoms with van der Waals surface area (Å²) in [6.07, 6.45) is 46.1. The molecule has 0 rings (SSSR count). The molecule has 0 saturated carbocycles. The van der Waals surface area contributed by atoms with E-state index < -0.39 is 66.2 Å². The van der Waals surface area contributed by atoms with Gasteiger partial charge < -0.3 is 29.3 Å². The van der Waals surface area contributed by atoms with Gasteiger partial charge in [-0.05, 0) is 83.5 Å². The van der Waals surface area contributed by atoms with E-state index in [1.165, 1.54) is 57.8 Å². The number of esters is 2. The Hall–Kier alpha value is -2.44. The molecule has 0 amide bonds. The summed E-state index contributed by atoms with van der Waals surface area (Å²) in [6.45, 7) is 1.64. The van der Waals surface area contributed by atoms with Gasteiger partial charge in [0.25, 0.3) is 0 Å². The number of hydrogen-bond acceptors (Lipinski definition) is 10. The topological polar surface area (TPSA) is 195 Å². The average Bonchev–Trinajstić information content (AvgIpc) is 3.22. The van der Waals surface area contributed by atoms with Gasteiger partial charge in [-0.1, -0.05) is 145 Å². The molecule has 0 aliphatic rings. The van der Waals surface area contributed by atoms with Gasteiger partial charge in [0.1, 0.15) is 12.7 Å². The van der Waals surface area contributed by atoms with Crippen molar-refractivity contribution in [2.45, 2.75) is 180 Å². The van der Waals surface area contributed by atoms with Gasteiger partial charge in [-0.3, -0.25) is 23.2 Å².